The molecule has 170 valence electrons. The van der Waals surface area contributed by atoms with Gasteiger partial charge < -0.3 is 0 Å². The van der Waals surface area contributed by atoms with E-state index in [1.165, 1.54) is 57.8 Å². The number of halogens is 4. The number of alkyl halides is 2. The summed E-state index contributed by atoms with van der Waals surface area (Å²) in [7, 11) is 0. The van der Waals surface area contributed by atoms with Crippen molar-refractivity contribution in [2.45, 2.75) is 109 Å². The smallest absolute Gasteiger partial charge is 0.206 e. The van der Waals surface area contributed by atoms with Crippen LogP contribution in [0.1, 0.15) is 114 Å². The lowest BCUT2D eigenvalue weighted by Crippen LogP contribution is -2.25. The lowest BCUT2D eigenvalue weighted by atomic mass is 9.68. The largest absolute Gasteiger partial charge is 0.276 e. The summed E-state index contributed by atoms with van der Waals surface area (Å²) in [6.07, 6.45) is 16.2. The fraction of sp³-hybridized carbons (Fsp3) is 0.769. The molecule has 30 heavy (non-hydrogen) atoms. The van der Waals surface area contributed by atoms with Crippen molar-refractivity contribution in [3.05, 3.63) is 34.9 Å². The Morgan fingerprint density at radius 3 is 1.83 bits per heavy atom. The normalized spacial score (nSPS) is 27.9. The molecule has 0 aromatic heterocycles. The predicted octanol–water partition coefficient (Wildman–Crippen LogP) is 9.13. The minimum Gasteiger partial charge on any atom is -0.206 e. The zero-order chi connectivity index (χ0) is 21.7. The number of benzene rings is 1. The third kappa shape index (κ3) is 6.01. The molecule has 0 bridgehead atoms. The second-order valence-corrected chi connectivity index (χ2v) is 9.99. The van der Waals surface area contributed by atoms with Gasteiger partial charge in [0.15, 0.2) is 0 Å². The number of rotatable bonds is 8. The molecular formula is C26H38F4. The maximum Gasteiger partial charge on any atom is 0.276 e. The van der Waals surface area contributed by atoms with Gasteiger partial charge in [-0.2, -0.15) is 0 Å². The molecule has 0 saturated heterocycles. The number of hydrogen-bond donors (Lipinski definition) is 0. The van der Waals surface area contributed by atoms with E-state index in [9.17, 15) is 17.6 Å². The Morgan fingerprint density at radius 1 is 0.800 bits per heavy atom. The summed E-state index contributed by atoms with van der Waals surface area (Å²) >= 11 is 0. The molecule has 0 heterocycles. The summed E-state index contributed by atoms with van der Waals surface area (Å²) in [6.45, 7) is 2.80. The van der Waals surface area contributed by atoms with E-state index in [4.69, 9.17) is 0 Å². The van der Waals surface area contributed by atoms with Crippen molar-refractivity contribution in [2.75, 3.05) is 0 Å². The van der Waals surface area contributed by atoms with Crippen LogP contribution in [-0.4, -0.2) is 0 Å². The molecule has 2 saturated carbocycles. The molecule has 0 atom stereocenters. The van der Waals surface area contributed by atoms with E-state index in [0.29, 0.717) is 12.5 Å². The molecule has 2 aliphatic carbocycles. The van der Waals surface area contributed by atoms with Gasteiger partial charge in [-0.15, -0.1) is 0 Å². The van der Waals surface area contributed by atoms with Crippen molar-refractivity contribution in [1.82, 2.24) is 0 Å². The molecule has 1 aromatic carbocycles. The molecule has 0 spiro atoms. The van der Waals surface area contributed by atoms with Crippen molar-refractivity contribution in [1.29, 1.82) is 0 Å². The van der Waals surface area contributed by atoms with Crippen molar-refractivity contribution in [3.63, 3.8) is 0 Å². The monoisotopic (exact) mass is 426 g/mol. The third-order valence-electron chi connectivity index (χ3n) is 7.77. The minimum absolute atomic E-state index is 0.0830. The average molecular weight is 427 g/mol. The lowest BCUT2D eigenvalue weighted by molar-refractivity contribution is 0.00977. The molecule has 0 unspecified atom stereocenters. The van der Waals surface area contributed by atoms with E-state index in [1.54, 1.807) is 0 Å². The van der Waals surface area contributed by atoms with Gasteiger partial charge in [-0.05, 0) is 79.9 Å². The zero-order valence-corrected chi connectivity index (χ0v) is 18.7. The Morgan fingerprint density at radius 2 is 1.33 bits per heavy atom. The van der Waals surface area contributed by atoms with Gasteiger partial charge in [0, 0.05) is 6.92 Å². The summed E-state index contributed by atoms with van der Waals surface area (Å²) in [6, 6.07) is 2.29. The fourth-order valence-corrected chi connectivity index (χ4v) is 5.98. The molecular weight excluding hydrogens is 388 g/mol. The van der Waals surface area contributed by atoms with Crippen molar-refractivity contribution < 1.29 is 17.6 Å². The van der Waals surface area contributed by atoms with Crippen LogP contribution in [0, 0.1) is 29.4 Å². The Balaban J connectivity index is 1.48. The predicted molar refractivity (Wildman–Crippen MR) is 115 cm³/mol. The standard InChI is InChI=1S/C26H38F4/c1-3-4-5-6-7-18-8-10-19(11-9-18)20-12-14-21(15-13-20)22-16-23(27)25(24(28)17-22)26(2,29)30/h16-21H,3-15H2,1-2H3. The number of hydrogen-bond acceptors (Lipinski definition) is 0. The zero-order valence-electron chi connectivity index (χ0n) is 18.7. The van der Waals surface area contributed by atoms with Gasteiger partial charge in [0.05, 0.1) is 5.56 Å². The first kappa shape index (κ1) is 23.6. The summed E-state index contributed by atoms with van der Waals surface area (Å²) in [5.41, 5.74) is -0.557. The number of unbranched alkanes of at least 4 members (excludes halogenated alkanes) is 3. The van der Waals surface area contributed by atoms with E-state index < -0.39 is 23.1 Å². The first-order valence-corrected chi connectivity index (χ1v) is 12.2. The van der Waals surface area contributed by atoms with Crippen LogP contribution in [0.4, 0.5) is 17.6 Å². The summed E-state index contributed by atoms with van der Waals surface area (Å²) in [5, 5.41) is 0. The summed E-state index contributed by atoms with van der Waals surface area (Å²) in [4.78, 5) is 0. The molecule has 2 aliphatic rings. The van der Waals surface area contributed by atoms with Crippen molar-refractivity contribution in [3.8, 4) is 0 Å². The molecule has 0 aliphatic heterocycles. The highest BCUT2D eigenvalue weighted by molar-refractivity contribution is 5.31. The molecule has 4 heteroatoms. The maximum atomic E-state index is 14.2. The van der Waals surface area contributed by atoms with Crippen LogP contribution in [0.2, 0.25) is 0 Å². The van der Waals surface area contributed by atoms with Crippen molar-refractivity contribution in [2.24, 2.45) is 17.8 Å². The SMILES string of the molecule is CCCCCCC1CCC(C2CCC(c3cc(F)c(C(C)(F)F)c(F)c3)CC2)CC1. The average Bonchev–Trinajstić information content (AvgIpc) is 2.70. The third-order valence-corrected chi connectivity index (χ3v) is 7.77. The van der Waals surface area contributed by atoms with E-state index in [0.717, 1.165) is 55.6 Å². The Bertz CT molecular complexity index is 639. The molecule has 0 N–H and O–H groups in total. The highest BCUT2D eigenvalue weighted by Crippen LogP contribution is 2.45. The summed E-state index contributed by atoms with van der Waals surface area (Å²) in [5.74, 6) is -3.22. The van der Waals surface area contributed by atoms with E-state index in [1.807, 2.05) is 0 Å². The maximum absolute atomic E-state index is 14.2. The molecule has 0 amide bonds. The fourth-order valence-electron chi connectivity index (χ4n) is 5.98. The van der Waals surface area contributed by atoms with E-state index in [2.05, 4.69) is 6.92 Å². The second-order valence-electron chi connectivity index (χ2n) is 9.99. The van der Waals surface area contributed by atoms with Crippen LogP contribution in [0.5, 0.6) is 0 Å². The Labute approximate surface area is 179 Å². The van der Waals surface area contributed by atoms with Gasteiger partial charge in [-0.1, -0.05) is 51.9 Å². The van der Waals surface area contributed by atoms with Crippen LogP contribution in [0.25, 0.3) is 0 Å². The van der Waals surface area contributed by atoms with Gasteiger partial charge in [0.1, 0.15) is 11.6 Å². The lowest BCUT2D eigenvalue weighted by Gasteiger charge is -2.38. The van der Waals surface area contributed by atoms with Gasteiger partial charge >= 0.3 is 0 Å². The van der Waals surface area contributed by atoms with E-state index in [-0.39, 0.29) is 5.92 Å². The van der Waals surface area contributed by atoms with Gasteiger partial charge in [0.25, 0.3) is 5.92 Å². The highest BCUT2D eigenvalue weighted by Gasteiger charge is 2.35. The second kappa shape index (κ2) is 10.5. The first-order valence-electron chi connectivity index (χ1n) is 12.2. The molecule has 0 radical (unpaired) electrons. The molecule has 0 nitrogen and oxygen atoms in total. The highest BCUT2D eigenvalue weighted by atomic mass is 19.3. The van der Waals surface area contributed by atoms with Gasteiger partial charge in [0.2, 0.25) is 0 Å². The van der Waals surface area contributed by atoms with Crippen LogP contribution in [-0.2, 0) is 5.92 Å². The van der Waals surface area contributed by atoms with Gasteiger partial charge in [-0.3, -0.25) is 0 Å². The van der Waals surface area contributed by atoms with Crippen LogP contribution in [0.3, 0.4) is 0 Å². The minimum atomic E-state index is -3.50. The molecule has 1 aromatic rings. The first-order chi connectivity index (χ1) is 14.3. The summed E-state index contributed by atoms with van der Waals surface area (Å²) < 4.78 is 55.3. The van der Waals surface area contributed by atoms with Crippen molar-refractivity contribution >= 4 is 0 Å². The van der Waals surface area contributed by atoms with Crippen LogP contribution < -0.4 is 0 Å². The Kier molecular flexibility index (Phi) is 8.26. The molecule has 2 fully saturated rings. The van der Waals surface area contributed by atoms with Crippen LogP contribution in [0.15, 0.2) is 12.1 Å². The van der Waals surface area contributed by atoms with Crippen LogP contribution >= 0.6 is 0 Å². The topological polar surface area (TPSA) is 0 Å². The molecule has 3 rings (SSSR count). The Hall–Kier alpha value is -1.06. The quantitative estimate of drug-likeness (QED) is 0.287. The van der Waals surface area contributed by atoms with E-state index >= 15 is 0 Å². The van der Waals surface area contributed by atoms with Gasteiger partial charge in [-0.25, -0.2) is 17.6 Å².